The predicted octanol–water partition coefficient (Wildman–Crippen LogP) is 1.75. The van der Waals surface area contributed by atoms with Crippen molar-refractivity contribution in [2.75, 3.05) is 48.7 Å². The molecule has 0 unspecified atom stereocenters. The van der Waals surface area contributed by atoms with E-state index in [4.69, 9.17) is 0 Å². The molecule has 0 aromatic carbocycles. The van der Waals surface area contributed by atoms with Crippen LogP contribution in [0.25, 0.3) is 0 Å². The topological polar surface area (TPSA) is 90.0 Å². The number of aryl methyl sites for hydroxylation is 2. The SMILES string of the molecule is CCSc1nnc(NC(=O)CN2CCN(c3c(C)n[nH]c3C)CC2)s1. The number of thioether (sulfide) groups is 1. The largest absolute Gasteiger partial charge is 0.366 e. The van der Waals surface area contributed by atoms with Crippen LogP contribution in [0.3, 0.4) is 0 Å². The molecule has 1 aliphatic heterocycles. The van der Waals surface area contributed by atoms with E-state index in [1.165, 1.54) is 17.0 Å². The fourth-order valence-corrected chi connectivity index (χ4v) is 4.61. The molecular formula is C15H23N7OS2. The zero-order chi connectivity index (χ0) is 17.8. The molecule has 2 N–H and O–H groups in total. The Bertz CT molecular complexity index is 702. The van der Waals surface area contributed by atoms with Crippen LogP contribution in [-0.4, -0.2) is 69.7 Å². The summed E-state index contributed by atoms with van der Waals surface area (Å²) in [6.07, 6.45) is 0. The Hall–Kier alpha value is -1.65. The van der Waals surface area contributed by atoms with E-state index in [2.05, 4.69) is 42.4 Å². The van der Waals surface area contributed by atoms with Crippen LogP contribution in [0.4, 0.5) is 10.8 Å². The molecular weight excluding hydrogens is 358 g/mol. The van der Waals surface area contributed by atoms with E-state index >= 15 is 0 Å². The van der Waals surface area contributed by atoms with E-state index in [-0.39, 0.29) is 5.91 Å². The van der Waals surface area contributed by atoms with E-state index in [0.717, 1.165) is 47.7 Å². The third-order valence-corrected chi connectivity index (χ3v) is 5.92. The average Bonchev–Trinajstić information content (AvgIpc) is 3.15. The van der Waals surface area contributed by atoms with Gasteiger partial charge in [0.05, 0.1) is 23.6 Å². The highest BCUT2D eigenvalue weighted by atomic mass is 32.2. The van der Waals surface area contributed by atoms with Crippen molar-refractivity contribution in [2.45, 2.75) is 25.1 Å². The Morgan fingerprint density at radius 1 is 1.28 bits per heavy atom. The highest BCUT2D eigenvalue weighted by Crippen LogP contribution is 2.25. The minimum atomic E-state index is -0.0340. The minimum absolute atomic E-state index is 0.0340. The number of piperazine rings is 1. The van der Waals surface area contributed by atoms with E-state index < -0.39 is 0 Å². The van der Waals surface area contributed by atoms with Crippen LogP contribution < -0.4 is 10.2 Å². The Balaban J connectivity index is 1.47. The lowest BCUT2D eigenvalue weighted by molar-refractivity contribution is -0.117. The molecule has 1 amide bonds. The molecule has 10 heteroatoms. The lowest BCUT2D eigenvalue weighted by Crippen LogP contribution is -2.49. The molecule has 0 bridgehead atoms. The number of hydrogen-bond donors (Lipinski definition) is 2. The fraction of sp³-hybridized carbons (Fsp3) is 0.600. The first kappa shape index (κ1) is 18.2. The number of aromatic amines is 1. The number of carbonyl (C=O) groups is 1. The number of hydrogen-bond acceptors (Lipinski definition) is 8. The first-order valence-corrected chi connectivity index (χ1v) is 10.1. The Morgan fingerprint density at radius 3 is 2.68 bits per heavy atom. The monoisotopic (exact) mass is 381 g/mol. The number of anilines is 2. The number of rotatable bonds is 6. The number of nitrogens with one attached hydrogen (secondary N) is 2. The Kier molecular flexibility index (Phi) is 5.92. The van der Waals surface area contributed by atoms with Gasteiger partial charge in [-0.2, -0.15) is 5.10 Å². The average molecular weight is 382 g/mol. The molecule has 0 atom stereocenters. The molecule has 2 aromatic rings. The maximum Gasteiger partial charge on any atom is 0.240 e. The summed E-state index contributed by atoms with van der Waals surface area (Å²) < 4.78 is 0.886. The van der Waals surface area contributed by atoms with Crippen LogP contribution in [0.2, 0.25) is 0 Å². The highest BCUT2D eigenvalue weighted by molar-refractivity contribution is 8.01. The summed E-state index contributed by atoms with van der Waals surface area (Å²) in [4.78, 5) is 16.7. The van der Waals surface area contributed by atoms with Gasteiger partial charge in [0, 0.05) is 26.2 Å². The standard InChI is InChI=1S/C15H23N7OS2/c1-4-24-15-20-19-14(25-15)16-12(23)9-21-5-7-22(8-6-21)13-10(2)17-18-11(13)3/h4-9H2,1-3H3,(H,17,18)(H,16,19,23). The van der Waals surface area contributed by atoms with Gasteiger partial charge >= 0.3 is 0 Å². The van der Waals surface area contributed by atoms with Gasteiger partial charge in [-0.15, -0.1) is 10.2 Å². The second-order valence-electron chi connectivity index (χ2n) is 5.90. The van der Waals surface area contributed by atoms with Gasteiger partial charge in [-0.1, -0.05) is 30.0 Å². The summed E-state index contributed by atoms with van der Waals surface area (Å²) in [7, 11) is 0. The summed E-state index contributed by atoms with van der Waals surface area (Å²) in [5.41, 5.74) is 3.32. The summed E-state index contributed by atoms with van der Waals surface area (Å²) in [6, 6.07) is 0. The number of aromatic nitrogens is 4. The molecule has 3 heterocycles. The maximum atomic E-state index is 12.2. The van der Waals surface area contributed by atoms with Gasteiger partial charge in [-0.3, -0.25) is 20.1 Å². The quantitative estimate of drug-likeness (QED) is 0.582. The normalized spacial score (nSPS) is 15.6. The van der Waals surface area contributed by atoms with Crippen molar-refractivity contribution in [1.82, 2.24) is 25.3 Å². The van der Waals surface area contributed by atoms with Crippen LogP contribution in [0.1, 0.15) is 18.3 Å². The predicted molar refractivity (Wildman–Crippen MR) is 102 cm³/mol. The second kappa shape index (κ2) is 8.15. The molecule has 1 fully saturated rings. The van der Waals surface area contributed by atoms with Crippen molar-refractivity contribution in [1.29, 1.82) is 0 Å². The molecule has 1 saturated heterocycles. The minimum Gasteiger partial charge on any atom is -0.366 e. The number of H-pyrrole nitrogens is 1. The van der Waals surface area contributed by atoms with Gasteiger partial charge in [0.2, 0.25) is 11.0 Å². The summed E-state index contributed by atoms with van der Waals surface area (Å²) in [5.74, 6) is 0.913. The van der Waals surface area contributed by atoms with Crippen LogP contribution >= 0.6 is 23.1 Å². The van der Waals surface area contributed by atoms with E-state index in [1.54, 1.807) is 11.8 Å². The van der Waals surface area contributed by atoms with Crippen molar-refractivity contribution >= 4 is 39.8 Å². The lowest BCUT2D eigenvalue weighted by atomic mass is 10.2. The van der Waals surface area contributed by atoms with Crippen molar-refractivity contribution in [3.8, 4) is 0 Å². The summed E-state index contributed by atoms with van der Waals surface area (Å²) >= 11 is 3.05. The van der Waals surface area contributed by atoms with Crippen molar-refractivity contribution in [3.05, 3.63) is 11.4 Å². The summed E-state index contributed by atoms with van der Waals surface area (Å²) in [5, 5.41) is 18.8. The molecule has 8 nitrogen and oxygen atoms in total. The van der Waals surface area contributed by atoms with Gasteiger partial charge in [0.15, 0.2) is 4.34 Å². The molecule has 0 aliphatic carbocycles. The van der Waals surface area contributed by atoms with Crippen LogP contribution in [0.15, 0.2) is 4.34 Å². The van der Waals surface area contributed by atoms with Gasteiger partial charge in [0.1, 0.15) is 0 Å². The molecule has 136 valence electrons. The zero-order valence-electron chi connectivity index (χ0n) is 14.7. The molecule has 0 radical (unpaired) electrons. The first-order chi connectivity index (χ1) is 12.1. The highest BCUT2D eigenvalue weighted by Gasteiger charge is 2.22. The van der Waals surface area contributed by atoms with Crippen LogP contribution in [0.5, 0.6) is 0 Å². The van der Waals surface area contributed by atoms with Crippen molar-refractivity contribution < 1.29 is 4.79 Å². The lowest BCUT2D eigenvalue weighted by Gasteiger charge is -2.35. The first-order valence-electron chi connectivity index (χ1n) is 8.32. The Labute approximate surface area is 155 Å². The summed E-state index contributed by atoms with van der Waals surface area (Å²) in [6.45, 7) is 10.0. The van der Waals surface area contributed by atoms with Gasteiger partial charge in [0.25, 0.3) is 0 Å². The Morgan fingerprint density at radius 2 is 2.04 bits per heavy atom. The smallest absolute Gasteiger partial charge is 0.240 e. The van der Waals surface area contributed by atoms with Gasteiger partial charge in [-0.25, -0.2) is 0 Å². The third-order valence-electron chi connectivity index (χ3n) is 4.07. The fourth-order valence-electron chi connectivity index (χ4n) is 2.94. The number of nitrogens with zero attached hydrogens (tertiary/aromatic N) is 5. The second-order valence-corrected chi connectivity index (χ2v) is 8.39. The van der Waals surface area contributed by atoms with Gasteiger partial charge < -0.3 is 4.90 Å². The van der Waals surface area contributed by atoms with Crippen molar-refractivity contribution in [3.63, 3.8) is 0 Å². The van der Waals surface area contributed by atoms with Crippen molar-refractivity contribution in [2.24, 2.45) is 0 Å². The zero-order valence-corrected chi connectivity index (χ0v) is 16.3. The molecule has 3 rings (SSSR count). The molecule has 2 aromatic heterocycles. The number of carbonyl (C=O) groups excluding carboxylic acids is 1. The van der Waals surface area contributed by atoms with E-state index in [0.29, 0.717) is 11.7 Å². The van der Waals surface area contributed by atoms with E-state index in [9.17, 15) is 4.79 Å². The van der Waals surface area contributed by atoms with Crippen LogP contribution in [0, 0.1) is 13.8 Å². The van der Waals surface area contributed by atoms with Crippen LogP contribution in [-0.2, 0) is 4.79 Å². The van der Waals surface area contributed by atoms with E-state index in [1.807, 2.05) is 13.8 Å². The number of amides is 1. The molecule has 25 heavy (non-hydrogen) atoms. The maximum absolute atomic E-state index is 12.2. The van der Waals surface area contributed by atoms with Gasteiger partial charge in [-0.05, 0) is 19.6 Å². The molecule has 0 saturated carbocycles. The molecule has 1 aliphatic rings. The third kappa shape index (κ3) is 4.50. The molecule has 0 spiro atoms.